The lowest BCUT2D eigenvalue weighted by Gasteiger charge is -2.24. The number of carboxylic acids is 1. The van der Waals surface area contributed by atoms with Crippen molar-refractivity contribution in [2.45, 2.75) is 32.6 Å². The summed E-state index contributed by atoms with van der Waals surface area (Å²) in [7, 11) is 0. The van der Waals surface area contributed by atoms with Crippen LogP contribution in [0.5, 0.6) is 0 Å². The van der Waals surface area contributed by atoms with E-state index in [0.717, 1.165) is 16.8 Å². The molecule has 0 spiro atoms. The molecule has 0 aromatic heterocycles. The number of aliphatic carboxylic acids is 1. The standard InChI is InChI=1S/C17H23N3O6/c1-3-8-13(21)26-20(4-2)19-16(22)14(18)15(17(23)24)25-11-12-9-6-5-7-10-12/h3,5-10,14-15H,4,11,18H2,1-2H3,(H,19,22)(H,23,24)/t14-,15?/m0/s1. The van der Waals surface area contributed by atoms with E-state index in [1.165, 1.54) is 6.08 Å². The van der Waals surface area contributed by atoms with Crippen LogP contribution in [0, 0.1) is 0 Å². The van der Waals surface area contributed by atoms with Crippen molar-refractivity contribution in [2.75, 3.05) is 6.54 Å². The molecule has 1 aromatic carbocycles. The average Bonchev–Trinajstić information content (AvgIpc) is 2.61. The van der Waals surface area contributed by atoms with Crippen LogP contribution in [0.25, 0.3) is 0 Å². The van der Waals surface area contributed by atoms with Gasteiger partial charge in [0.25, 0.3) is 5.91 Å². The molecule has 1 rings (SSSR count). The van der Waals surface area contributed by atoms with Crippen molar-refractivity contribution in [1.82, 2.24) is 10.6 Å². The highest BCUT2D eigenvalue weighted by atomic mass is 16.7. The molecule has 26 heavy (non-hydrogen) atoms. The maximum Gasteiger partial charge on any atom is 0.351 e. The predicted octanol–water partition coefficient (Wildman–Crippen LogP) is 0.371. The van der Waals surface area contributed by atoms with Gasteiger partial charge in [0.2, 0.25) is 0 Å². The van der Waals surface area contributed by atoms with E-state index in [9.17, 15) is 19.5 Å². The predicted molar refractivity (Wildman–Crippen MR) is 92.1 cm³/mol. The van der Waals surface area contributed by atoms with Gasteiger partial charge in [-0.05, 0) is 24.6 Å². The number of benzene rings is 1. The minimum Gasteiger partial charge on any atom is -0.479 e. The number of carbonyl (C=O) groups is 3. The fourth-order valence-electron chi connectivity index (χ4n) is 1.87. The Morgan fingerprint density at radius 2 is 1.96 bits per heavy atom. The maximum absolute atomic E-state index is 12.2. The molecule has 2 atom stereocenters. The third kappa shape index (κ3) is 7.01. The van der Waals surface area contributed by atoms with Crippen molar-refractivity contribution in [1.29, 1.82) is 0 Å². The number of carboxylic acid groups (broad SMARTS) is 1. The Kier molecular flexibility index (Phi) is 8.99. The summed E-state index contributed by atoms with van der Waals surface area (Å²) in [6.45, 7) is 3.36. The molecule has 0 saturated carbocycles. The van der Waals surface area contributed by atoms with Gasteiger partial charge < -0.3 is 20.4 Å². The molecule has 0 aliphatic heterocycles. The molecule has 1 aromatic rings. The van der Waals surface area contributed by atoms with Gasteiger partial charge in [0.05, 0.1) is 13.2 Å². The normalized spacial score (nSPS) is 13.4. The minimum absolute atomic E-state index is 0.0213. The Morgan fingerprint density at radius 3 is 2.50 bits per heavy atom. The fraction of sp³-hybridized carbons (Fsp3) is 0.353. The zero-order valence-electron chi connectivity index (χ0n) is 14.6. The zero-order chi connectivity index (χ0) is 19.5. The first kappa shape index (κ1) is 21.3. The lowest BCUT2D eigenvalue weighted by atomic mass is 10.1. The molecule has 0 radical (unpaired) electrons. The SMILES string of the molecule is CC=CC(=O)ON(CC)NC(=O)[C@@H](N)C(OCc1ccccc1)C(=O)O. The second kappa shape index (κ2) is 11.0. The summed E-state index contributed by atoms with van der Waals surface area (Å²) in [5.41, 5.74) is 8.70. The Hall–Kier alpha value is -2.75. The number of nitrogens with two attached hydrogens (primary N) is 1. The number of nitrogens with one attached hydrogen (secondary N) is 1. The third-order valence-electron chi connectivity index (χ3n) is 3.17. The van der Waals surface area contributed by atoms with Crippen LogP contribution in [-0.2, 0) is 30.6 Å². The molecule has 0 fully saturated rings. The number of hydrogen-bond acceptors (Lipinski definition) is 7. The van der Waals surface area contributed by atoms with Gasteiger partial charge in [-0.3, -0.25) is 10.2 Å². The van der Waals surface area contributed by atoms with E-state index in [4.69, 9.17) is 15.3 Å². The Labute approximate surface area is 151 Å². The summed E-state index contributed by atoms with van der Waals surface area (Å²) >= 11 is 0. The van der Waals surface area contributed by atoms with E-state index in [2.05, 4.69) is 5.43 Å². The smallest absolute Gasteiger partial charge is 0.351 e. The Bertz CT molecular complexity index is 635. The molecular weight excluding hydrogens is 342 g/mol. The molecule has 0 aliphatic rings. The molecule has 4 N–H and O–H groups in total. The van der Waals surface area contributed by atoms with Gasteiger partial charge in [-0.1, -0.05) is 36.4 Å². The van der Waals surface area contributed by atoms with E-state index in [0.29, 0.717) is 0 Å². The van der Waals surface area contributed by atoms with Gasteiger partial charge in [-0.2, -0.15) is 0 Å². The van der Waals surface area contributed by atoms with Gasteiger partial charge in [-0.15, -0.1) is 0 Å². The van der Waals surface area contributed by atoms with Crippen LogP contribution in [0.15, 0.2) is 42.5 Å². The highest BCUT2D eigenvalue weighted by Gasteiger charge is 2.33. The van der Waals surface area contributed by atoms with Crippen LogP contribution in [-0.4, -0.2) is 46.8 Å². The first-order valence-electron chi connectivity index (χ1n) is 7.95. The second-order valence-corrected chi connectivity index (χ2v) is 5.16. The number of hydrazine groups is 1. The highest BCUT2D eigenvalue weighted by Crippen LogP contribution is 2.06. The minimum atomic E-state index is -1.57. The van der Waals surface area contributed by atoms with Crippen LogP contribution in [0.1, 0.15) is 19.4 Å². The summed E-state index contributed by atoms with van der Waals surface area (Å²) in [4.78, 5) is 39.8. The van der Waals surface area contributed by atoms with Crippen molar-refractivity contribution in [2.24, 2.45) is 5.73 Å². The van der Waals surface area contributed by atoms with Crippen LogP contribution in [0.2, 0.25) is 0 Å². The van der Waals surface area contributed by atoms with Crippen molar-refractivity contribution >= 4 is 17.8 Å². The van der Waals surface area contributed by atoms with Gasteiger partial charge in [0.15, 0.2) is 6.10 Å². The molecule has 1 unspecified atom stereocenters. The Balaban J connectivity index is 2.68. The summed E-state index contributed by atoms with van der Waals surface area (Å²) in [5.74, 6) is -2.93. The summed E-state index contributed by atoms with van der Waals surface area (Å²) in [6, 6.07) is 7.36. The van der Waals surface area contributed by atoms with Crippen LogP contribution >= 0.6 is 0 Å². The molecule has 9 nitrogen and oxygen atoms in total. The number of hydrogen-bond donors (Lipinski definition) is 3. The number of ether oxygens (including phenoxy) is 1. The van der Waals surface area contributed by atoms with E-state index in [1.54, 1.807) is 38.1 Å². The monoisotopic (exact) mass is 365 g/mol. The summed E-state index contributed by atoms with van der Waals surface area (Å²) < 4.78 is 5.28. The fourth-order valence-corrected chi connectivity index (χ4v) is 1.87. The number of allylic oxidation sites excluding steroid dienone is 1. The van der Waals surface area contributed by atoms with Crippen LogP contribution < -0.4 is 11.2 Å². The van der Waals surface area contributed by atoms with E-state index in [1.807, 2.05) is 6.07 Å². The molecule has 0 heterocycles. The Morgan fingerprint density at radius 1 is 1.31 bits per heavy atom. The van der Waals surface area contributed by atoms with Gasteiger partial charge in [-0.25, -0.2) is 9.59 Å². The molecule has 1 amide bonds. The van der Waals surface area contributed by atoms with Gasteiger partial charge in [0.1, 0.15) is 6.04 Å². The van der Waals surface area contributed by atoms with E-state index < -0.39 is 30.0 Å². The van der Waals surface area contributed by atoms with E-state index >= 15 is 0 Å². The molecule has 9 heteroatoms. The quantitative estimate of drug-likeness (QED) is 0.400. The number of carbonyl (C=O) groups excluding carboxylic acids is 2. The van der Waals surface area contributed by atoms with Gasteiger partial charge in [0, 0.05) is 6.08 Å². The summed E-state index contributed by atoms with van der Waals surface area (Å²) in [6.07, 6.45) is 1.07. The largest absolute Gasteiger partial charge is 0.479 e. The van der Waals surface area contributed by atoms with Crippen molar-refractivity contribution < 1.29 is 29.1 Å². The second-order valence-electron chi connectivity index (χ2n) is 5.16. The number of rotatable bonds is 10. The van der Waals surface area contributed by atoms with Crippen molar-refractivity contribution in [3.05, 3.63) is 48.0 Å². The van der Waals surface area contributed by atoms with E-state index in [-0.39, 0.29) is 13.2 Å². The number of hydroxylamine groups is 1. The third-order valence-corrected chi connectivity index (χ3v) is 3.17. The van der Waals surface area contributed by atoms with Crippen molar-refractivity contribution in [3.63, 3.8) is 0 Å². The first-order valence-corrected chi connectivity index (χ1v) is 7.95. The maximum atomic E-state index is 12.2. The first-order chi connectivity index (χ1) is 12.4. The number of amides is 1. The topological polar surface area (TPSA) is 131 Å². The molecule has 0 aliphatic carbocycles. The lowest BCUT2D eigenvalue weighted by Crippen LogP contribution is -2.56. The summed E-state index contributed by atoms with van der Waals surface area (Å²) in [5, 5.41) is 10.1. The zero-order valence-corrected chi connectivity index (χ0v) is 14.6. The molecular formula is C17H23N3O6. The average molecular weight is 365 g/mol. The van der Waals surface area contributed by atoms with Gasteiger partial charge >= 0.3 is 11.9 Å². The van der Waals surface area contributed by atoms with Crippen LogP contribution in [0.4, 0.5) is 0 Å². The van der Waals surface area contributed by atoms with Crippen molar-refractivity contribution in [3.8, 4) is 0 Å². The highest BCUT2D eigenvalue weighted by molar-refractivity contribution is 5.88. The molecule has 0 saturated heterocycles. The number of nitrogens with zero attached hydrogens (tertiary/aromatic N) is 1. The molecule has 142 valence electrons. The van der Waals surface area contributed by atoms with Crippen LogP contribution in [0.3, 0.4) is 0 Å². The lowest BCUT2D eigenvalue weighted by molar-refractivity contribution is -0.202. The molecule has 0 bridgehead atoms.